The molecule has 41 heavy (non-hydrogen) atoms. The Balaban J connectivity index is 1.22. The van der Waals surface area contributed by atoms with Crippen molar-refractivity contribution in [2.45, 2.75) is 20.0 Å². The highest BCUT2D eigenvalue weighted by molar-refractivity contribution is 5.79. The van der Waals surface area contributed by atoms with Crippen molar-refractivity contribution in [3.05, 3.63) is 77.1 Å². The highest BCUT2D eigenvalue weighted by atomic mass is 19.1. The van der Waals surface area contributed by atoms with E-state index in [0.717, 1.165) is 43.8 Å². The standard InChI is InChI=1S/C30H34F2N8O/c1-20-3-4-23(13-22(20)17-38-11-9-37(2)10-12-38)35-30-34-16-21-5-7-40(29(21)36-30)24-14-26(31)25(27(32)15-24)18-39-8-6-33-28(41)19-39/h3-5,7,13-16H,6,8-12,17-19H2,1-2H3,(H,33,41)(H,34,35,36). The van der Waals surface area contributed by atoms with Crippen LogP contribution in [0.2, 0.25) is 0 Å². The predicted molar refractivity (Wildman–Crippen MR) is 154 cm³/mol. The number of benzene rings is 2. The summed E-state index contributed by atoms with van der Waals surface area (Å²) in [6, 6.07) is 10.7. The van der Waals surface area contributed by atoms with E-state index in [1.165, 1.54) is 23.3 Å². The molecule has 2 N–H and O–H groups in total. The number of hydrogen-bond donors (Lipinski definition) is 2. The molecule has 0 unspecified atom stereocenters. The van der Waals surface area contributed by atoms with Crippen LogP contribution in [0.25, 0.3) is 16.7 Å². The topological polar surface area (TPSA) is 81.6 Å². The van der Waals surface area contributed by atoms with E-state index in [-0.39, 0.29) is 24.6 Å². The van der Waals surface area contributed by atoms with Gasteiger partial charge in [-0.15, -0.1) is 0 Å². The number of carbonyl (C=O) groups excluding carboxylic acids is 1. The summed E-state index contributed by atoms with van der Waals surface area (Å²) in [5.41, 5.74) is 4.17. The molecule has 1 amide bonds. The number of piperazine rings is 2. The van der Waals surface area contributed by atoms with Crippen molar-refractivity contribution >= 4 is 28.6 Å². The van der Waals surface area contributed by atoms with Crippen LogP contribution in [0.15, 0.2) is 48.8 Å². The molecule has 214 valence electrons. The highest BCUT2D eigenvalue weighted by Crippen LogP contribution is 2.26. The Hall–Kier alpha value is -3.93. The van der Waals surface area contributed by atoms with Crippen molar-refractivity contribution in [3.8, 4) is 5.69 Å². The van der Waals surface area contributed by atoms with Gasteiger partial charge in [0, 0.05) is 81.4 Å². The molecule has 2 fully saturated rings. The first-order chi connectivity index (χ1) is 19.8. The molecule has 2 aliphatic rings. The molecule has 9 nitrogen and oxygen atoms in total. The summed E-state index contributed by atoms with van der Waals surface area (Å²) in [4.78, 5) is 27.4. The van der Waals surface area contributed by atoms with Crippen LogP contribution in [0.4, 0.5) is 20.4 Å². The third kappa shape index (κ3) is 6.07. The van der Waals surface area contributed by atoms with E-state index in [0.29, 0.717) is 30.4 Å². The summed E-state index contributed by atoms with van der Waals surface area (Å²) < 4.78 is 31.9. The molecule has 4 heterocycles. The molecule has 0 aliphatic carbocycles. The van der Waals surface area contributed by atoms with Crippen LogP contribution in [0.3, 0.4) is 0 Å². The fraction of sp³-hybridized carbons (Fsp3) is 0.367. The molecule has 0 saturated carbocycles. The van der Waals surface area contributed by atoms with Crippen LogP contribution in [0.1, 0.15) is 16.7 Å². The molecular formula is C30H34F2N8O. The van der Waals surface area contributed by atoms with Gasteiger partial charge >= 0.3 is 0 Å². The van der Waals surface area contributed by atoms with Crippen molar-refractivity contribution < 1.29 is 13.6 Å². The smallest absolute Gasteiger partial charge is 0.234 e. The van der Waals surface area contributed by atoms with E-state index >= 15 is 8.78 Å². The lowest BCUT2D eigenvalue weighted by molar-refractivity contribution is -0.124. The number of likely N-dealkylation sites (N-methyl/N-ethyl adjacent to an activating group) is 1. The summed E-state index contributed by atoms with van der Waals surface area (Å²) in [6.07, 6.45) is 3.43. The molecule has 0 spiro atoms. The number of hydrogen-bond acceptors (Lipinski definition) is 7. The number of anilines is 2. The number of amides is 1. The number of carbonyl (C=O) groups is 1. The van der Waals surface area contributed by atoms with Crippen molar-refractivity contribution in [2.24, 2.45) is 0 Å². The van der Waals surface area contributed by atoms with Crippen LogP contribution in [-0.4, -0.2) is 88.0 Å². The lowest BCUT2D eigenvalue weighted by Gasteiger charge is -2.32. The summed E-state index contributed by atoms with van der Waals surface area (Å²) in [6.45, 7) is 8.38. The fourth-order valence-electron chi connectivity index (χ4n) is 5.41. The first kappa shape index (κ1) is 27.3. The summed E-state index contributed by atoms with van der Waals surface area (Å²) in [5.74, 6) is -1.07. The number of aromatic nitrogens is 3. The van der Waals surface area contributed by atoms with Crippen LogP contribution < -0.4 is 10.6 Å². The van der Waals surface area contributed by atoms with Crippen LogP contribution in [0, 0.1) is 18.6 Å². The van der Waals surface area contributed by atoms with Gasteiger partial charge in [-0.05, 0) is 55.4 Å². The zero-order valence-corrected chi connectivity index (χ0v) is 23.3. The third-order valence-corrected chi connectivity index (χ3v) is 7.93. The minimum absolute atomic E-state index is 0.0291. The average molecular weight is 561 g/mol. The zero-order valence-electron chi connectivity index (χ0n) is 23.3. The fourth-order valence-corrected chi connectivity index (χ4v) is 5.41. The number of halogens is 2. The van der Waals surface area contributed by atoms with Gasteiger partial charge in [0.25, 0.3) is 0 Å². The van der Waals surface area contributed by atoms with Gasteiger partial charge in [0.05, 0.1) is 12.2 Å². The lowest BCUT2D eigenvalue weighted by atomic mass is 10.1. The molecule has 6 rings (SSSR count). The normalized spacial score (nSPS) is 17.2. The quantitative estimate of drug-likeness (QED) is 0.359. The van der Waals surface area contributed by atoms with Crippen LogP contribution in [-0.2, 0) is 17.9 Å². The maximum absolute atomic E-state index is 15.1. The molecule has 11 heteroatoms. The Bertz CT molecular complexity index is 1560. The van der Waals surface area contributed by atoms with Crippen molar-refractivity contribution in [3.63, 3.8) is 0 Å². The minimum atomic E-state index is -0.659. The molecule has 2 aromatic carbocycles. The van der Waals surface area contributed by atoms with E-state index in [1.54, 1.807) is 21.9 Å². The van der Waals surface area contributed by atoms with Gasteiger partial charge in [0.1, 0.15) is 17.3 Å². The second-order valence-electron chi connectivity index (χ2n) is 11.0. The molecule has 2 aliphatic heterocycles. The summed E-state index contributed by atoms with van der Waals surface area (Å²) >= 11 is 0. The average Bonchev–Trinajstić information content (AvgIpc) is 3.37. The largest absolute Gasteiger partial charge is 0.354 e. The summed E-state index contributed by atoms with van der Waals surface area (Å²) in [5, 5.41) is 6.78. The van der Waals surface area contributed by atoms with Gasteiger partial charge in [0.2, 0.25) is 11.9 Å². The van der Waals surface area contributed by atoms with E-state index in [2.05, 4.69) is 51.5 Å². The Kier molecular flexibility index (Phi) is 7.65. The molecule has 2 aromatic heterocycles. The molecular weight excluding hydrogens is 526 g/mol. The summed E-state index contributed by atoms with van der Waals surface area (Å²) in [7, 11) is 2.15. The number of rotatable bonds is 7. The van der Waals surface area contributed by atoms with Gasteiger partial charge < -0.3 is 20.1 Å². The van der Waals surface area contributed by atoms with Gasteiger partial charge in [-0.25, -0.2) is 13.8 Å². The minimum Gasteiger partial charge on any atom is -0.354 e. The monoisotopic (exact) mass is 560 g/mol. The Morgan fingerprint density at radius 2 is 1.76 bits per heavy atom. The molecule has 2 saturated heterocycles. The van der Waals surface area contributed by atoms with Gasteiger partial charge in [-0.1, -0.05) is 6.07 Å². The number of nitrogens with zero attached hydrogens (tertiary/aromatic N) is 6. The third-order valence-electron chi connectivity index (χ3n) is 7.93. The predicted octanol–water partition coefficient (Wildman–Crippen LogP) is 3.43. The van der Waals surface area contributed by atoms with Gasteiger partial charge in [-0.2, -0.15) is 4.98 Å². The molecule has 0 atom stereocenters. The second kappa shape index (κ2) is 11.5. The lowest BCUT2D eigenvalue weighted by Crippen LogP contribution is -2.47. The zero-order chi connectivity index (χ0) is 28.5. The Labute approximate surface area is 237 Å². The molecule has 0 bridgehead atoms. The van der Waals surface area contributed by atoms with Gasteiger partial charge in [0.15, 0.2) is 0 Å². The number of aryl methyl sites for hydroxylation is 1. The van der Waals surface area contributed by atoms with Crippen molar-refractivity contribution in [1.82, 2.24) is 34.6 Å². The maximum atomic E-state index is 15.1. The molecule has 4 aromatic rings. The van der Waals surface area contributed by atoms with Crippen LogP contribution >= 0.6 is 0 Å². The maximum Gasteiger partial charge on any atom is 0.234 e. The first-order valence-electron chi connectivity index (χ1n) is 13.9. The number of fused-ring (bicyclic) bond motifs is 1. The number of nitrogens with one attached hydrogen (secondary N) is 2. The van der Waals surface area contributed by atoms with Crippen LogP contribution in [0.5, 0.6) is 0 Å². The van der Waals surface area contributed by atoms with Crippen molar-refractivity contribution in [2.75, 3.05) is 58.2 Å². The SMILES string of the molecule is Cc1ccc(Nc2ncc3ccn(-c4cc(F)c(CN5CCNC(=O)C5)c(F)c4)c3n2)cc1CN1CCN(C)CC1. The van der Waals surface area contributed by atoms with Gasteiger partial charge in [-0.3, -0.25) is 14.6 Å². The van der Waals surface area contributed by atoms with E-state index in [4.69, 9.17) is 4.98 Å². The van der Waals surface area contributed by atoms with E-state index in [9.17, 15) is 4.79 Å². The highest BCUT2D eigenvalue weighted by Gasteiger charge is 2.21. The van der Waals surface area contributed by atoms with Crippen molar-refractivity contribution in [1.29, 1.82) is 0 Å². The van der Waals surface area contributed by atoms with E-state index in [1.807, 2.05) is 12.1 Å². The Morgan fingerprint density at radius 1 is 0.976 bits per heavy atom. The first-order valence-corrected chi connectivity index (χ1v) is 13.9. The second-order valence-corrected chi connectivity index (χ2v) is 11.0. The van der Waals surface area contributed by atoms with E-state index < -0.39 is 11.6 Å². The molecule has 0 radical (unpaired) electrons. The Morgan fingerprint density at radius 3 is 2.51 bits per heavy atom.